The van der Waals surface area contributed by atoms with Crippen molar-refractivity contribution in [2.24, 2.45) is 0 Å². The Labute approximate surface area is 145 Å². The second-order valence-electron chi connectivity index (χ2n) is 5.97. The van der Waals surface area contributed by atoms with E-state index in [1.54, 1.807) is 29.4 Å². The van der Waals surface area contributed by atoms with Crippen molar-refractivity contribution in [2.75, 3.05) is 29.9 Å². The molecule has 3 heterocycles. The van der Waals surface area contributed by atoms with Crippen molar-refractivity contribution in [1.29, 1.82) is 0 Å². The first-order chi connectivity index (χ1) is 12.2. The van der Waals surface area contributed by atoms with Crippen LogP contribution in [0.2, 0.25) is 0 Å². The Hall–Kier alpha value is -3.15. The maximum atomic E-state index is 12.8. The SMILES string of the molecule is CN1CCCN(C(=O)/C=C/c2ccco2)c2nc3ccccc3nc21. The summed E-state index contributed by atoms with van der Waals surface area (Å²) in [5.41, 5.74) is 1.61. The smallest absolute Gasteiger partial charge is 0.252 e. The van der Waals surface area contributed by atoms with Gasteiger partial charge in [0.1, 0.15) is 5.76 Å². The van der Waals surface area contributed by atoms with E-state index >= 15 is 0 Å². The molecule has 0 spiro atoms. The molecule has 6 nitrogen and oxygen atoms in total. The van der Waals surface area contributed by atoms with Gasteiger partial charge in [-0.1, -0.05) is 12.1 Å². The van der Waals surface area contributed by atoms with Gasteiger partial charge in [-0.05, 0) is 36.8 Å². The lowest BCUT2D eigenvalue weighted by atomic mass is 10.3. The molecule has 1 aromatic carbocycles. The van der Waals surface area contributed by atoms with Gasteiger partial charge >= 0.3 is 0 Å². The highest BCUT2D eigenvalue weighted by molar-refractivity contribution is 6.05. The molecule has 0 bridgehead atoms. The van der Waals surface area contributed by atoms with Gasteiger partial charge < -0.3 is 9.32 Å². The van der Waals surface area contributed by atoms with E-state index in [-0.39, 0.29) is 5.91 Å². The molecule has 0 radical (unpaired) electrons. The number of benzene rings is 1. The lowest BCUT2D eigenvalue weighted by molar-refractivity contribution is -0.114. The average molecular weight is 334 g/mol. The molecule has 25 heavy (non-hydrogen) atoms. The van der Waals surface area contributed by atoms with Crippen molar-refractivity contribution in [2.45, 2.75) is 6.42 Å². The fraction of sp³-hybridized carbons (Fsp3) is 0.211. The summed E-state index contributed by atoms with van der Waals surface area (Å²) in [7, 11) is 1.98. The number of amides is 1. The third-order valence-corrected chi connectivity index (χ3v) is 4.23. The fourth-order valence-electron chi connectivity index (χ4n) is 2.94. The third-order valence-electron chi connectivity index (χ3n) is 4.23. The van der Waals surface area contributed by atoms with Gasteiger partial charge in [0.05, 0.1) is 17.3 Å². The van der Waals surface area contributed by atoms with E-state index in [1.165, 1.54) is 6.08 Å². The number of carbonyl (C=O) groups is 1. The van der Waals surface area contributed by atoms with Crippen LogP contribution in [-0.2, 0) is 4.79 Å². The van der Waals surface area contributed by atoms with Crippen molar-refractivity contribution in [1.82, 2.24) is 9.97 Å². The van der Waals surface area contributed by atoms with Crippen LogP contribution in [0, 0.1) is 0 Å². The number of nitrogens with zero attached hydrogens (tertiary/aromatic N) is 4. The molecular weight excluding hydrogens is 316 g/mol. The van der Waals surface area contributed by atoms with Crippen molar-refractivity contribution in [3.63, 3.8) is 0 Å². The van der Waals surface area contributed by atoms with Crippen LogP contribution in [0.5, 0.6) is 0 Å². The normalized spacial score (nSPS) is 14.8. The van der Waals surface area contributed by atoms with Crippen LogP contribution < -0.4 is 9.80 Å². The van der Waals surface area contributed by atoms with Gasteiger partial charge in [-0.25, -0.2) is 9.97 Å². The maximum absolute atomic E-state index is 12.8. The number of carbonyl (C=O) groups excluding carboxylic acids is 1. The van der Waals surface area contributed by atoms with Crippen molar-refractivity contribution in [3.8, 4) is 0 Å². The third kappa shape index (κ3) is 2.98. The Morgan fingerprint density at radius 2 is 1.84 bits per heavy atom. The zero-order valence-electron chi connectivity index (χ0n) is 13.9. The highest BCUT2D eigenvalue weighted by Crippen LogP contribution is 2.30. The topological polar surface area (TPSA) is 62.5 Å². The zero-order chi connectivity index (χ0) is 17.2. The highest BCUT2D eigenvalue weighted by atomic mass is 16.3. The Morgan fingerprint density at radius 1 is 1.08 bits per heavy atom. The monoisotopic (exact) mass is 334 g/mol. The molecule has 0 N–H and O–H groups in total. The first-order valence-corrected chi connectivity index (χ1v) is 8.23. The molecule has 2 aromatic heterocycles. The van der Waals surface area contributed by atoms with Crippen LogP contribution in [0.4, 0.5) is 11.6 Å². The second kappa shape index (κ2) is 6.39. The molecule has 1 amide bonds. The van der Waals surface area contributed by atoms with Crippen molar-refractivity contribution >= 4 is 34.7 Å². The van der Waals surface area contributed by atoms with Gasteiger partial charge in [-0.2, -0.15) is 0 Å². The van der Waals surface area contributed by atoms with E-state index < -0.39 is 0 Å². The molecule has 1 aliphatic heterocycles. The predicted octanol–water partition coefficient (Wildman–Crippen LogP) is 3.11. The zero-order valence-corrected chi connectivity index (χ0v) is 13.9. The molecule has 4 rings (SSSR count). The molecule has 3 aromatic rings. The van der Waals surface area contributed by atoms with Gasteiger partial charge in [0, 0.05) is 26.2 Å². The number of hydrogen-bond acceptors (Lipinski definition) is 5. The summed E-state index contributed by atoms with van der Waals surface area (Å²) in [4.78, 5) is 26.0. The largest absolute Gasteiger partial charge is 0.465 e. The number of hydrogen-bond donors (Lipinski definition) is 0. The van der Waals surface area contributed by atoms with E-state index in [0.717, 1.165) is 29.8 Å². The van der Waals surface area contributed by atoms with Crippen LogP contribution in [0.25, 0.3) is 17.1 Å². The Kier molecular flexibility index (Phi) is 3.93. The Balaban J connectivity index is 1.75. The molecule has 1 aliphatic rings. The van der Waals surface area contributed by atoms with E-state index in [1.807, 2.05) is 31.3 Å². The highest BCUT2D eigenvalue weighted by Gasteiger charge is 2.25. The Morgan fingerprint density at radius 3 is 2.56 bits per heavy atom. The van der Waals surface area contributed by atoms with E-state index in [9.17, 15) is 4.79 Å². The van der Waals surface area contributed by atoms with Crippen LogP contribution in [0.15, 0.2) is 53.2 Å². The molecular formula is C19H18N4O2. The minimum atomic E-state index is -0.127. The number of rotatable bonds is 2. The minimum Gasteiger partial charge on any atom is -0.465 e. The van der Waals surface area contributed by atoms with Gasteiger partial charge in [0.15, 0.2) is 11.6 Å². The summed E-state index contributed by atoms with van der Waals surface area (Å²) in [5, 5.41) is 0. The first-order valence-electron chi connectivity index (χ1n) is 8.23. The van der Waals surface area contributed by atoms with E-state index in [2.05, 4.69) is 4.90 Å². The van der Waals surface area contributed by atoms with Crippen LogP contribution in [0.1, 0.15) is 12.2 Å². The number of para-hydroxylation sites is 2. The van der Waals surface area contributed by atoms with Gasteiger partial charge in [-0.15, -0.1) is 0 Å². The fourth-order valence-corrected chi connectivity index (χ4v) is 2.94. The minimum absolute atomic E-state index is 0.127. The second-order valence-corrected chi connectivity index (χ2v) is 5.97. The lowest BCUT2D eigenvalue weighted by Gasteiger charge is -2.21. The van der Waals surface area contributed by atoms with E-state index in [4.69, 9.17) is 14.4 Å². The summed E-state index contributed by atoms with van der Waals surface area (Å²) in [5.74, 6) is 1.85. The summed E-state index contributed by atoms with van der Waals surface area (Å²) in [6.07, 6.45) is 5.62. The average Bonchev–Trinajstić information content (AvgIpc) is 3.10. The first kappa shape index (κ1) is 15.4. The molecule has 6 heteroatoms. The summed E-state index contributed by atoms with van der Waals surface area (Å²) >= 11 is 0. The quantitative estimate of drug-likeness (QED) is 0.674. The summed E-state index contributed by atoms with van der Waals surface area (Å²) < 4.78 is 5.25. The lowest BCUT2D eigenvalue weighted by Crippen LogP contribution is -2.30. The molecule has 0 saturated carbocycles. The molecule has 0 atom stereocenters. The number of furan rings is 1. The van der Waals surface area contributed by atoms with Crippen LogP contribution in [0.3, 0.4) is 0 Å². The van der Waals surface area contributed by atoms with Gasteiger partial charge in [0.2, 0.25) is 0 Å². The number of aromatic nitrogens is 2. The molecule has 126 valence electrons. The Bertz CT molecular complexity index is 934. The molecule has 0 fully saturated rings. The van der Waals surface area contributed by atoms with Crippen molar-refractivity contribution < 1.29 is 9.21 Å². The standard InChI is InChI=1S/C19H18N4O2/c1-22-11-5-12-23(17(24)10-9-14-6-4-13-25-14)19-18(22)20-15-7-2-3-8-16(15)21-19/h2-4,6-10,13H,5,11-12H2,1H3/b10-9+. The van der Waals surface area contributed by atoms with Crippen molar-refractivity contribution in [3.05, 3.63) is 54.5 Å². The van der Waals surface area contributed by atoms with E-state index in [0.29, 0.717) is 18.1 Å². The number of fused-ring (bicyclic) bond motifs is 2. The van der Waals surface area contributed by atoms with Crippen LogP contribution in [-0.4, -0.2) is 36.0 Å². The molecule has 0 saturated heterocycles. The maximum Gasteiger partial charge on any atom is 0.252 e. The summed E-state index contributed by atoms with van der Waals surface area (Å²) in [6.45, 7) is 1.43. The number of anilines is 2. The van der Waals surface area contributed by atoms with Crippen LogP contribution >= 0.6 is 0 Å². The van der Waals surface area contributed by atoms with Gasteiger partial charge in [0.25, 0.3) is 5.91 Å². The molecule has 0 unspecified atom stereocenters. The predicted molar refractivity (Wildman–Crippen MR) is 97.5 cm³/mol. The molecule has 0 aliphatic carbocycles. The summed E-state index contributed by atoms with van der Waals surface area (Å²) in [6, 6.07) is 11.3. The van der Waals surface area contributed by atoms with Gasteiger partial charge in [-0.3, -0.25) is 9.69 Å².